The zero-order valence-corrected chi connectivity index (χ0v) is 18.8. The number of guanidine groups is 1. The molecule has 0 aromatic carbocycles. The van der Waals surface area contributed by atoms with Crippen molar-refractivity contribution in [1.29, 1.82) is 0 Å². The van der Waals surface area contributed by atoms with Gasteiger partial charge in [-0.05, 0) is 64.8 Å². The summed E-state index contributed by atoms with van der Waals surface area (Å²) in [5.41, 5.74) is 0. The number of hydrogen-bond acceptors (Lipinski definition) is 3. The highest BCUT2D eigenvalue weighted by atomic mass is 127. The molecule has 1 aliphatic rings. The molecule has 1 atom stereocenters. The van der Waals surface area contributed by atoms with Crippen LogP contribution in [0.3, 0.4) is 0 Å². The van der Waals surface area contributed by atoms with Gasteiger partial charge in [0.05, 0.1) is 0 Å². The summed E-state index contributed by atoms with van der Waals surface area (Å²) in [6.45, 7) is 16.9. The van der Waals surface area contributed by atoms with E-state index in [1.54, 1.807) is 0 Å². The van der Waals surface area contributed by atoms with Gasteiger partial charge in [0.2, 0.25) is 0 Å². The number of likely N-dealkylation sites (N-methyl/N-ethyl adjacent to an activating group) is 1. The van der Waals surface area contributed by atoms with Gasteiger partial charge in [0, 0.05) is 26.2 Å². The normalized spacial score (nSPS) is 18.3. The van der Waals surface area contributed by atoms with Gasteiger partial charge in [-0.25, -0.2) is 0 Å². The first-order valence-corrected chi connectivity index (χ1v) is 9.51. The fourth-order valence-corrected chi connectivity index (χ4v) is 3.24. The summed E-state index contributed by atoms with van der Waals surface area (Å²) < 4.78 is 0. The first kappa shape index (κ1) is 23.9. The van der Waals surface area contributed by atoms with Crippen molar-refractivity contribution < 1.29 is 0 Å². The van der Waals surface area contributed by atoms with Crippen LogP contribution in [-0.2, 0) is 0 Å². The molecule has 24 heavy (non-hydrogen) atoms. The molecule has 1 rings (SSSR count). The Hall–Kier alpha value is -0.0800. The molecule has 2 N–H and O–H groups in total. The van der Waals surface area contributed by atoms with E-state index in [2.05, 4.69) is 53.1 Å². The van der Waals surface area contributed by atoms with Crippen LogP contribution in [0, 0.1) is 5.92 Å². The molecule has 0 amide bonds. The van der Waals surface area contributed by atoms with Crippen molar-refractivity contribution in [3.63, 3.8) is 0 Å². The molecule has 144 valence electrons. The number of hydrogen-bond donors (Lipinski definition) is 2. The second-order valence-corrected chi connectivity index (χ2v) is 6.83. The van der Waals surface area contributed by atoms with Crippen LogP contribution in [0.5, 0.6) is 0 Å². The Kier molecular flexibility index (Phi) is 14.1. The molecule has 6 heteroatoms. The maximum atomic E-state index is 4.33. The average Bonchev–Trinajstić information content (AvgIpc) is 2.57. The second-order valence-electron chi connectivity index (χ2n) is 6.83. The zero-order chi connectivity index (χ0) is 17.1. The predicted octanol–water partition coefficient (Wildman–Crippen LogP) is 2.62. The number of nitrogens with zero attached hydrogens (tertiary/aromatic N) is 3. The molecule has 5 nitrogen and oxygen atoms in total. The minimum absolute atomic E-state index is 0. The summed E-state index contributed by atoms with van der Waals surface area (Å²) in [6.07, 6.45) is 3.90. The van der Waals surface area contributed by atoms with Crippen LogP contribution in [0.4, 0.5) is 0 Å². The fourth-order valence-electron chi connectivity index (χ4n) is 3.24. The van der Waals surface area contributed by atoms with Crippen LogP contribution in [0.2, 0.25) is 0 Å². The first-order chi connectivity index (χ1) is 11.1. The Labute approximate surface area is 167 Å². The molecule has 0 aliphatic carbocycles. The van der Waals surface area contributed by atoms with E-state index in [4.69, 9.17) is 0 Å². The molecule has 0 aromatic rings. The summed E-state index contributed by atoms with van der Waals surface area (Å²) >= 11 is 0. The standard InChI is InChI=1S/C18H39N5.HI/c1-6-23(7-2)17(4)15-21-18(19-5)20-11-8-12-22-13-9-16(3)10-14-22;/h16-17H,6-15H2,1-5H3,(H2,19,20,21);1H. The number of piperidine rings is 1. The van der Waals surface area contributed by atoms with E-state index in [1.165, 1.54) is 38.9 Å². The molecule has 1 heterocycles. The average molecular weight is 453 g/mol. The number of rotatable bonds is 9. The summed E-state index contributed by atoms with van der Waals surface area (Å²) in [6, 6.07) is 0.527. The summed E-state index contributed by atoms with van der Waals surface area (Å²) in [7, 11) is 1.85. The number of likely N-dealkylation sites (tertiary alicyclic amines) is 1. The number of halogens is 1. The lowest BCUT2D eigenvalue weighted by atomic mass is 9.99. The summed E-state index contributed by atoms with van der Waals surface area (Å²) in [5, 5.41) is 6.89. The van der Waals surface area contributed by atoms with Crippen LogP contribution in [-0.4, -0.2) is 74.7 Å². The van der Waals surface area contributed by atoms with Crippen molar-refractivity contribution in [2.75, 3.05) is 52.9 Å². The quantitative estimate of drug-likeness (QED) is 0.244. The highest BCUT2D eigenvalue weighted by Gasteiger charge is 2.15. The zero-order valence-electron chi connectivity index (χ0n) is 16.5. The van der Waals surface area contributed by atoms with Gasteiger partial charge < -0.3 is 15.5 Å². The van der Waals surface area contributed by atoms with Gasteiger partial charge in [0.15, 0.2) is 5.96 Å². The molecule has 1 unspecified atom stereocenters. The maximum absolute atomic E-state index is 4.33. The van der Waals surface area contributed by atoms with Crippen molar-refractivity contribution >= 4 is 29.9 Å². The van der Waals surface area contributed by atoms with Crippen LogP contribution in [0.15, 0.2) is 4.99 Å². The van der Waals surface area contributed by atoms with Crippen molar-refractivity contribution in [2.45, 2.75) is 53.0 Å². The fraction of sp³-hybridized carbons (Fsp3) is 0.944. The van der Waals surface area contributed by atoms with E-state index in [9.17, 15) is 0 Å². The summed E-state index contributed by atoms with van der Waals surface area (Å²) in [5.74, 6) is 1.84. The predicted molar refractivity (Wildman–Crippen MR) is 117 cm³/mol. The molecular weight excluding hydrogens is 413 g/mol. The van der Waals surface area contributed by atoms with Crippen LogP contribution < -0.4 is 10.6 Å². The van der Waals surface area contributed by atoms with Crippen LogP contribution in [0.1, 0.15) is 47.0 Å². The smallest absolute Gasteiger partial charge is 0.191 e. The lowest BCUT2D eigenvalue weighted by molar-refractivity contribution is 0.191. The van der Waals surface area contributed by atoms with E-state index in [-0.39, 0.29) is 24.0 Å². The van der Waals surface area contributed by atoms with Crippen molar-refractivity contribution in [2.24, 2.45) is 10.9 Å². The Morgan fingerprint density at radius 3 is 2.38 bits per heavy atom. The van der Waals surface area contributed by atoms with Crippen LogP contribution >= 0.6 is 24.0 Å². The van der Waals surface area contributed by atoms with Crippen molar-refractivity contribution in [1.82, 2.24) is 20.4 Å². The SMILES string of the molecule is CCN(CC)C(C)CNC(=NC)NCCCN1CCC(C)CC1.I. The van der Waals surface area contributed by atoms with Gasteiger partial charge in [-0.2, -0.15) is 0 Å². The second kappa shape index (κ2) is 14.1. The van der Waals surface area contributed by atoms with Gasteiger partial charge in [0.25, 0.3) is 0 Å². The molecule has 0 spiro atoms. The number of nitrogens with one attached hydrogen (secondary N) is 2. The monoisotopic (exact) mass is 453 g/mol. The van der Waals surface area contributed by atoms with Crippen molar-refractivity contribution in [3.8, 4) is 0 Å². The Morgan fingerprint density at radius 1 is 1.21 bits per heavy atom. The van der Waals surface area contributed by atoms with Crippen LogP contribution in [0.25, 0.3) is 0 Å². The topological polar surface area (TPSA) is 42.9 Å². The van der Waals surface area contributed by atoms with Gasteiger partial charge in [0.1, 0.15) is 0 Å². The highest BCUT2D eigenvalue weighted by Crippen LogP contribution is 2.15. The van der Waals surface area contributed by atoms with E-state index < -0.39 is 0 Å². The van der Waals surface area contributed by atoms with Gasteiger partial charge in [-0.1, -0.05) is 20.8 Å². The molecule has 1 aliphatic heterocycles. The maximum Gasteiger partial charge on any atom is 0.191 e. The largest absolute Gasteiger partial charge is 0.356 e. The third-order valence-corrected chi connectivity index (χ3v) is 5.04. The molecule has 0 bridgehead atoms. The minimum atomic E-state index is 0. The van der Waals surface area contributed by atoms with Crippen molar-refractivity contribution in [3.05, 3.63) is 0 Å². The number of aliphatic imine (C=N–C) groups is 1. The lowest BCUT2D eigenvalue weighted by Gasteiger charge is -2.30. The van der Waals surface area contributed by atoms with E-state index in [0.717, 1.165) is 38.1 Å². The third kappa shape index (κ3) is 9.42. The third-order valence-electron chi connectivity index (χ3n) is 5.04. The molecular formula is C18H40IN5. The molecule has 0 saturated carbocycles. The molecule has 0 aromatic heterocycles. The minimum Gasteiger partial charge on any atom is -0.356 e. The van der Waals surface area contributed by atoms with Gasteiger partial charge in [-0.15, -0.1) is 24.0 Å². The Balaban J connectivity index is 0.00000529. The lowest BCUT2D eigenvalue weighted by Crippen LogP contribution is -2.46. The first-order valence-electron chi connectivity index (χ1n) is 9.51. The van der Waals surface area contributed by atoms with E-state index in [0.29, 0.717) is 6.04 Å². The molecule has 1 saturated heterocycles. The van der Waals surface area contributed by atoms with Gasteiger partial charge >= 0.3 is 0 Å². The summed E-state index contributed by atoms with van der Waals surface area (Å²) in [4.78, 5) is 9.38. The highest BCUT2D eigenvalue weighted by molar-refractivity contribution is 14.0. The molecule has 1 fully saturated rings. The molecule has 0 radical (unpaired) electrons. The van der Waals surface area contributed by atoms with E-state index >= 15 is 0 Å². The Morgan fingerprint density at radius 2 is 1.83 bits per heavy atom. The Bertz CT molecular complexity index is 325. The van der Waals surface area contributed by atoms with E-state index in [1.807, 2.05) is 7.05 Å². The van der Waals surface area contributed by atoms with Gasteiger partial charge in [-0.3, -0.25) is 9.89 Å².